The van der Waals surface area contributed by atoms with E-state index in [2.05, 4.69) is 177 Å². The third-order valence-electron chi connectivity index (χ3n) is 18.5. The number of rotatable bonds is 60. The molecule has 0 aliphatic carbocycles. The number of allylic oxidation sites excluding steroid dienone is 27. The highest BCUT2D eigenvalue weighted by Gasteiger charge is 2.53. The van der Waals surface area contributed by atoms with E-state index in [1.165, 1.54) is 83.5 Å². The number of carbonyl (C=O) groups is 1. The van der Waals surface area contributed by atoms with Gasteiger partial charge in [-0.1, -0.05) is 267 Å². The average molecular weight is 1480 g/mol. The fourth-order valence-corrected chi connectivity index (χ4v) is 12.1. The first-order valence-electron chi connectivity index (χ1n) is 39.9. The molecule has 3 aliphatic heterocycles. The lowest BCUT2D eigenvalue weighted by Crippen LogP contribution is -2.66. The van der Waals surface area contributed by atoms with Crippen LogP contribution in [0.15, 0.2) is 170 Å². The molecule has 17 atom stereocenters. The van der Waals surface area contributed by atoms with Gasteiger partial charge in [-0.25, -0.2) is 0 Å². The van der Waals surface area contributed by atoms with Gasteiger partial charge in [0.25, 0.3) is 0 Å². The summed E-state index contributed by atoms with van der Waals surface area (Å²) >= 11 is 0. The first kappa shape index (κ1) is 94.4. The Morgan fingerprint density at radius 2 is 0.667 bits per heavy atom. The summed E-state index contributed by atoms with van der Waals surface area (Å²) in [6, 6.07) is -1.03. The molecule has 0 saturated carbocycles. The average Bonchev–Trinajstić information content (AvgIpc) is 0.779. The topological polar surface area (TPSA) is 307 Å². The normalized spacial score (nSPS) is 26.7. The molecule has 3 heterocycles. The van der Waals surface area contributed by atoms with Gasteiger partial charge in [0, 0.05) is 6.42 Å². The predicted octanol–water partition coefficient (Wildman–Crippen LogP) is 13.4. The Morgan fingerprint density at radius 1 is 0.352 bits per heavy atom. The summed E-state index contributed by atoms with van der Waals surface area (Å²) in [6.45, 7) is 1.56. The maximum atomic E-state index is 13.5. The third kappa shape index (κ3) is 43.8. The van der Waals surface area contributed by atoms with E-state index in [1.54, 1.807) is 6.08 Å². The monoisotopic (exact) mass is 1470 g/mol. The van der Waals surface area contributed by atoms with Crippen molar-refractivity contribution in [1.82, 2.24) is 5.32 Å². The van der Waals surface area contributed by atoms with Gasteiger partial charge in [-0.15, -0.1) is 0 Å². The van der Waals surface area contributed by atoms with E-state index in [1.807, 2.05) is 6.08 Å². The van der Waals surface area contributed by atoms with Gasteiger partial charge in [0.15, 0.2) is 18.9 Å². The SMILES string of the molecule is CC/C=C\C/C=C\C/C=C\C/C=C\C/C=C\C/C=C\C/C=C\C/C=C\C/C=C\C/C=C\C/C=C\CCCCCC(=O)NC(COC1OC(CO)C(OC2OC(CO)C(OC3OC(CO)C(O)C(O)C3O)C(O)C2O)C(O)C1O)C(O)/C=C/CC/C=C/CC/C=C/CCCCCCCCCCCCCCC. The summed E-state index contributed by atoms with van der Waals surface area (Å²) in [5, 5.41) is 121. The third-order valence-corrected chi connectivity index (χ3v) is 18.5. The molecule has 19 nitrogen and oxygen atoms in total. The molecule has 0 aromatic rings. The van der Waals surface area contributed by atoms with Gasteiger partial charge in [-0.05, 0) is 128 Å². The van der Waals surface area contributed by atoms with Crippen molar-refractivity contribution in [3.8, 4) is 0 Å². The van der Waals surface area contributed by atoms with Crippen LogP contribution in [0.1, 0.15) is 232 Å². The highest BCUT2D eigenvalue weighted by molar-refractivity contribution is 5.76. The Labute approximate surface area is 630 Å². The number of nitrogens with one attached hydrogen (secondary N) is 1. The molecular weight excluding hydrogens is 1330 g/mol. The molecule has 12 N–H and O–H groups in total. The predicted molar refractivity (Wildman–Crippen MR) is 419 cm³/mol. The highest BCUT2D eigenvalue weighted by atomic mass is 16.8. The van der Waals surface area contributed by atoms with Gasteiger partial charge < -0.3 is 89.9 Å². The zero-order valence-corrected chi connectivity index (χ0v) is 63.6. The molecule has 0 bridgehead atoms. The van der Waals surface area contributed by atoms with Gasteiger partial charge in [0.2, 0.25) is 5.91 Å². The van der Waals surface area contributed by atoms with Crippen LogP contribution in [0, 0.1) is 0 Å². The van der Waals surface area contributed by atoms with Gasteiger partial charge in [0.1, 0.15) is 73.2 Å². The largest absolute Gasteiger partial charge is 0.394 e. The fourth-order valence-electron chi connectivity index (χ4n) is 12.1. The second-order valence-electron chi connectivity index (χ2n) is 27.4. The van der Waals surface area contributed by atoms with Crippen molar-refractivity contribution in [1.29, 1.82) is 0 Å². The van der Waals surface area contributed by atoms with Crippen LogP contribution in [0.5, 0.6) is 0 Å². The molecule has 17 unspecified atom stereocenters. The molecular formula is C86H139NO18. The number of carbonyl (C=O) groups excluding carboxylic acids is 1. The van der Waals surface area contributed by atoms with Gasteiger partial charge in [0.05, 0.1) is 38.6 Å². The van der Waals surface area contributed by atoms with Crippen LogP contribution < -0.4 is 5.32 Å². The summed E-state index contributed by atoms with van der Waals surface area (Å²) < 4.78 is 34.4. The number of aliphatic hydroxyl groups excluding tert-OH is 11. The van der Waals surface area contributed by atoms with E-state index < -0.39 is 131 Å². The summed E-state index contributed by atoms with van der Waals surface area (Å²) in [7, 11) is 0. The molecule has 0 spiro atoms. The van der Waals surface area contributed by atoms with Crippen LogP contribution >= 0.6 is 0 Å². The van der Waals surface area contributed by atoms with Crippen LogP contribution in [0.3, 0.4) is 0 Å². The molecule has 3 saturated heterocycles. The minimum atomic E-state index is -2.00. The van der Waals surface area contributed by atoms with Crippen molar-refractivity contribution < 1.29 is 89.4 Å². The summed E-state index contributed by atoms with van der Waals surface area (Å²) in [6.07, 6.45) is 69.0. The van der Waals surface area contributed by atoms with Gasteiger partial charge in [-0.3, -0.25) is 4.79 Å². The second kappa shape index (κ2) is 64.0. The van der Waals surface area contributed by atoms with Gasteiger partial charge in [-0.2, -0.15) is 0 Å². The lowest BCUT2D eigenvalue weighted by Gasteiger charge is -2.48. The molecule has 0 aromatic carbocycles. The van der Waals surface area contributed by atoms with Crippen molar-refractivity contribution in [3.63, 3.8) is 0 Å². The number of aliphatic hydroxyl groups is 11. The van der Waals surface area contributed by atoms with E-state index in [-0.39, 0.29) is 12.3 Å². The summed E-state index contributed by atoms with van der Waals surface area (Å²) in [5.74, 6) is -0.328. The van der Waals surface area contributed by atoms with Gasteiger partial charge >= 0.3 is 0 Å². The quantitative estimate of drug-likeness (QED) is 0.0199. The molecule has 3 rings (SSSR count). The lowest BCUT2D eigenvalue weighted by molar-refractivity contribution is -0.379. The Kier molecular flexibility index (Phi) is 57.5. The van der Waals surface area contributed by atoms with Crippen LogP contribution in [0.2, 0.25) is 0 Å². The Hall–Kier alpha value is -4.85. The van der Waals surface area contributed by atoms with E-state index >= 15 is 0 Å². The number of hydrogen-bond donors (Lipinski definition) is 12. The molecule has 3 aliphatic rings. The molecule has 19 heteroatoms. The van der Waals surface area contributed by atoms with E-state index in [9.17, 15) is 61.0 Å². The Bertz CT molecular complexity index is 2570. The Balaban J connectivity index is 1.41. The Morgan fingerprint density at radius 3 is 1.07 bits per heavy atom. The van der Waals surface area contributed by atoms with Crippen molar-refractivity contribution in [2.45, 2.75) is 336 Å². The number of hydrogen-bond acceptors (Lipinski definition) is 18. The molecule has 105 heavy (non-hydrogen) atoms. The lowest BCUT2D eigenvalue weighted by atomic mass is 9.96. The van der Waals surface area contributed by atoms with Crippen molar-refractivity contribution in [2.75, 3.05) is 26.4 Å². The molecule has 3 fully saturated rings. The molecule has 596 valence electrons. The standard InChI is InChI=1S/C86H139NO18/c1-3-5-7-9-11-13-15-17-19-21-23-25-27-28-29-30-31-32-33-34-35-36-37-38-39-40-42-44-46-48-50-52-54-56-58-60-62-64-74(92)87-69(70(91)63-61-59-57-55-53-51-49-47-45-43-41-26-24-22-20-18-16-14-12-10-8-6-4-2)68-100-84-80(98)77(95)82(72(66-89)102-84)105-86-81(99)78(96)83(73(67-90)103-86)104-85-79(97)76(94)75(93)71(65-88)101-85/h5,7,11,13,17,19,23,25,28-29,31-32,34-35,37-38,40,42,45-48,52-55,61,63,69-73,75-86,88-91,93-99H,3-4,6,8-10,12,14-16,18,20-22,24,26-27,30,33,36,39,41,43-44,49-51,56-60,62,64-68H2,1-2H3,(H,87,92)/b7-5-,13-11-,19-17-,25-23-,29-28-,32-31-,35-34-,38-37-,42-40-,47-45+,48-46-,54-52-,55-53+,63-61+. The van der Waals surface area contributed by atoms with Crippen LogP contribution in [0.4, 0.5) is 0 Å². The van der Waals surface area contributed by atoms with Crippen LogP contribution in [-0.2, 0) is 33.2 Å². The summed E-state index contributed by atoms with van der Waals surface area (Å²) in [4.78, 5) is 13.5. The minimum absolute atomic E-state index is 0.180. The number of unbranched alkanes of at least 4 members (excludes halogenated alkanes) is 18. The van der Waals surface area contributed by atoms with Crippen molar-refractivity contribution >= 4 is 5.91 Å². The van der Waals surface area contributed by atoms with E-state index in [0.29, 0.717) is 12.8 Å². The maximum Gasteiger partial charge on any atom is 0.220 e. The maximum absolute atomic E-state index is 13.5. The zero-order chi connectivity index (χ0) is 76.0. The number of ether oxygens (including phenoxy) is 6. The number of amides is 1. The van der Waals surface area contributed by atoms with Crippen molar-refractivity contribution in [2.24, 2.45) is 0 Å². The minimum Gasteiger partial charge on any atom is -0.394 e. The highest BCUT2D eigenvalue weighted by Crippen LogP contribution is 2.33. The van der Waals surface area contributed by atoms with Crippen LogP contribution in [-0.4, -0.2) is 193 Å². The molecule has 1 amide bonds. The molecule has 0 aromatic heterocycles. The van der Waals surface area contributed by atoms with Crippen LogP contribution in [0.25, 0.3) is 0 Å². The molecule has 0 radical (unpaired) electrons. The fraction of sp³-hybridized carbons (Fsp3) is 0.663. The smallest absolute Gasteiger partial charge is 0.220 e. The zero-order valence-electron chi connectivity index (χ0n) is 63.6. The van der Waals surface area contributed by atoms with E-state index in [0.717, 1.165) is 116 Å². The first-order chi connectivity index (χ1) is 51.3. The van der Waals surface area contributed by atoms with Crippen molar-refractivity contribution in [3.05, 3.63) is 170 Å². The summed E-state index contributed by atoms with van der Waals surface area (Å²) in [5.41, 5.74) is 0. The first-order valence-corrected chi connectivity index (χ1v) is 39.9. The van der Waals surface area contributed by atoms with E-state index in [4.69, 9.17) is 28.4 Å². The second-order valence-corrected chi connectivity index (χ2v) is 27.4.